The van der Waals surface area contributed by atoms with Gasteiger partial charge in [0.1, 0.15) is 0 Å². The summed E-state index contributed by atoms with van der Waals surface area (Å²) in [7, 11) is 1.65. The van der Waals surface area contributed by atoms with E-state index in [1.165, 1.54) is 12.8 Å². The van der Waals surface area contributed by atoms with E-state index in [2.05, 4.69) is 17.6 Å². The Balaban J connectivity index is 0.00000338. The standard InChI is InChI=1S/C20H32N2O3.ClH/c1-4-5-6-13-25-18-8-7-17(14-19(18)24-3)15(2)22-20(23)16-9-11-21-12-10-16;/h7-8,14-16,21H,4-6,9-13H2,1-3H3,(H,22,23);1H. The molecule has 1 aliphatic heterocycles. The lowest BCUT2D eigenvalue weighted by Crippen LogP contribution is -2.39. The third-order valence-electron chi connectivity index (χ3n) is 4.76. The van der Waals surface area contributed by atoms with Gasteiger partial charge in [0.2, 0.25) is 5.91 Å². The van der Waals surface area contributed by atoms with E-state index in [9.17, 15) is 4.79 Å². The predicted molar refractivity (Wildman–Crippen MR) is 107 cm³/mol. The molecule has 2 rings (SSSR count). The van der Waals surface area contributed by atoms with Gasteiger partial charge < -0.3 is 20.1 Å². The van der Waals surface area contributed by atoms with Crippen LogP contribution >= 0.6 is 12.4 Å². The lowest BCUT2D eigenvalue weighted by atomic mass is 9.96. The van der Waals surface area contributed by atoms with Crippen LogP contribution in [0.3, 0.4) is 0 Å². The molecule has 0 radical (unpaired) electrons. The van der Waals surface area contributed by atoms with Crippen LogP contribution in [0.1, 0.15) is 57.6 Å². The molecular weight excluding hydrogens is 352 g/mol. The number of ether oxygens (including phenoxy) is 2. The van der Waals surface area contributed by atoms with Gasteiger partial charge in [0.15, 0.2) is 11.5 Å². The molecule has 1 unspecified atom stereocenters. The van der Waals surface area contributed by atoms with E-state index in [1.807, 2.05) is 25.1 Å². The fourth-order valence-corrected chi connectivity index (χ4v) is 3.11. The number of methoxy groups -OCH3 is 1. The average Bonchev–Trinajstić information content (AvgIpc) is 2.65. The number of piperidine rings is 1. The minimum Gasteiger partial charge on any atom is -0.493 e. The van der Waals surface area contributed by atoms with Gasteiger partial charge in [0.25, 0.3) is 0 Å². The molecule has 1 heterocycles. The number of nitrogens with one attached hydrogen (secondary N) is 2. The van der Waals surface area contributed by atoms with Crippen molar-refractivity contribution < 1.29 is 14.3 Å². The van der Waals surface area contributed by atoms with Gasteiger partial charge in [-0.1, -0.05) is 25.8 Å². The Morgan fingerprint density at radius 1 is 1.27 bits per heavy atom. The number of halogens is 1. The van der Waals surface area contributed by atoms with Crippen LogP contribution < -0.4 is 20.1 Å². The number of amides is 1. The van der Waals surface area contributed by atoms with E-state index in [0.717, 1.165) is 49.4 Å². The Kier molecular flexibility index (Phi) is 10.4. The molecule has 0 bridgehead atoms. The van der Waals surface area contributed by atoms with Crippen LogP contribution in [-0.4, -0.2) is 32.7 Å². The summed E-state index contributed by atoms with van der Waals surface area (Å²) < 4.78 is 11.3. The Morgan fingerprint density at radius 3 is 2.65 bits per heavy atom. The first-order valence-corrected chi connectivity index (χ1v) is 9.47. The van der Waals surface area contributed by atoms with Crippen molar-refractivity contribution in [2.24, 2.45) is 5.92 Å². The Labute approximate surface area is 163 Å². The zero-order valence-electron chi connectivity index (χ0n) is 16.2. The second-order valence-corrected chi connectivity index (χ2v) is 6.72. The molecule has 1 fully saturated rings. The molecule has 0 aromatic heterocycles. The first-order chi connectivity index (χ1) is 12.2. The molecule has 5 nitrogen and oxygen atoms in total. The number of rotatable bonds is 9. The zero-order chi connectivity index (χ0) is 18.1. The maximum Gasteiger partial charge on any atom is 0.223 e. The second-order valence-electron chi connectivity index (χ2n) is 6.72. The lowest BCUT2D eigenvalue weighted by Gasteiger charge is -2.24. The van der Waals surface area contributed by atoms with Crippen LogP contribution in [0.2, 0.25) is 0 Å². The van der Waals surface area contributed by atoms with E-state index in [-0.39, 0.29) is 30.3 Å². The van der Waals surface area contributed by atoms with Gasteiger partial charge in [0.05, 0.1) is 19.8 Å². The van der Waals surface area contributed by atoms with Gasteiger partial charge >= 0.3 is 0 Å². The first-order valence-electron chi connectivity index (χ1n) is 9.47. The largest absolute Gasteiger partial charge is 0.493 e. The average molecular weight is 385 g/mol. The molecular formula is C20H33ClN2O3. The van der Waals surface area contributed by atoms with Crippen LogP contribution in [0, 0.1) is 5.92 Å². The van der Waals surface area contributed by atoms with Crippen molar-refractivity contribution in [1.29, 1.82) is 0 Å². The number of benzene rings is 1. The second kappa shape index (κ2) is 12.0. The highest BCUT2D eigenvalue weighted by Gasteiger charge is 2.22. The Bertz CT molecular complexity index is 548. The van der Waals surface area contributed by atoms with Gasteiger partial charge in [-0.2, -0.15) is 0 Å². The molecule has 1 saturated heterocycles. The maximum atomic E-state index is 12.4. The molecule has 0 saturated carbocycles. The van der Waals surface area contributed by atoms with Gasteiger partial charge in [-0.15, -0.1) is 12.4 Å². The summed E-state index contributed by atoms with van der Waals surface area (Å²) in [4.78, 5) is 12.4. The van der Waals surface area contributed by atoms with E-state index in [0.29, 0.717) is 6.61 Å². The molecule has 1 amide bonds. The van der Waals surface area contributed by atoms with Gasteiger partial charge in [0, 0.05) is 5.92 Å². The summed E-state index contributed by atoms with van der Waals surface area (Å²) in [5, 5.41) is 6.42. The van der Waals surface area contributed by atoms with Crippen LogP contribution in [0.5, 0.6) is 11.5 Å². The number of hydrogen-bond acceptors (Lipinski definition) is 4. The quantitative estimate of drug-likeness (QED) is 0.634. The van der Waals surface area contributed by atoms with Gasteiger partial charge in [-0.3, -0.25) is 4.79 Å². The van der Waals surface area contributed by atoms with Crippen molar-refractivity contribution in [3.05, 3.63) is 23.8 Å². The fourth-order valence-electron chi connectivity index (χ4n) is 3.11. The molecule has 1 aromatic carbocycles. The molecule has 1 atom stereocenters. The van der Waals surface area contributed by atoms with Crippen molar-refractivity contribution >= 4 is 18.3 Å². The third-order valence-corrected chi connectivity index (χ3v) is 4.76. The molecule has 0 aliphatic carbocycles. The van der Waals surface area contributed by atoms with Crippen molar-refractivity contribution in [3.63, 3.8) is 0 Å². The normalized spacial score (nSPS) is 15.7. The number of hydrogen-bond donors (Lipinski definition) is 2. The van der Waals surface area contributed by atoms with E-state index in [1.54, 1.807) is 7.11 Å². The van der Waals surface area contributed by atoms with E-state index in [4.69, 9.17) is 9.47 Å². The molecule has 6 heteroatoms. The van der Waals surface area contributed by atoms with Crippen LogP contribution in [0.15, 0.2) is 18.2 Å². The summed E-state index contributed by atoms with van der Waals surface area (Å²) in [5.74, 6) is 1.75. The van der Waals surface area contributed by atoms with Crippen molar-refractivity contribution in [1.82, 2.24) is 10.6 Å². The van der Waals surface area contributed by atoms with E-state index >= 15 is 0 Å². The molecule has 1 aliphatic rings. The zero-order valence-corrected chi connectivity index (χ0v) is 17.0. The highest BCUT2D eigenvalue weighted by molar-refractivity contribution is 5.85. The summed E-state index contributed by atoms with van der Waals surface area (Å²) in [6.45, 7) is 6.73. The van der Waals surface area contributed by atoms with Crippen LogP contribution in [-0.2, 0) is 4.79 Å². The highest BCUT2D eigenvalue weighted by atomic mass is 35.5. The topological polar surface area (TPSA) is 59.6 Å². The van der Waals surface area contributed by atoms with Gasteiger partial charge in [-0.05, 0) is 57.0 Å². The van der Waals surface area contributed by atoms with Crippen molar-refractivity contribution in [3.8, 4) is 11.5 Å². The number of unbranched alkanes of at least 4 members (excludes halogenated alkanes) is 2. The minimum absolute atomic E-state index is 0. The number of carbonyl (C=O) groups is 1. The third kappa shape index (κ3) is 6.69. The molecule has 26 heavy (non-hydrogen) atoms. The molecule has 0 spiro atoms. The maximum absolute atomic E-state index is 12.4. The smallest absolute Gasteiger partial charge is 0.223 e. The predicted octanol–water partition coefficient (Wildman–Crippen LogP) is 3.86. The Hall–Kier alpha value is -1.46. The minimum atomic E-state index is -0.0505. The monoisotopic (exact) mass is 384 g/mol. The molecule has 2 N–H and O–H groups in total. The molecule has 1 aromatic rings. The summed E-state index contributed by atoms with van der Waals surface area (Å²) >= 11 is 0. The van der Waals surface area contributed by atoms with Gasteiger partial charge in [-0.25, -0.2) is 0 Å². The molecule has 148 valence electrons. The van der Waals surface area contributed by atoms with Crippen LogP contribution in [0.25, 0.3) is 0 Å². The summed E-state index contributed by atoms with van der Waals surface area (Å²) in [6.07, 6.45) is 5.21. The summed E-state index contributed by atoms with van der Waals surface area (Å²) in [5.41, 5.74) is 1.03. The SMILES string of the molecule is CCCCCOc1ccc(C(C)NC(=O)C2CCNCC2)cc1OC.Cl. The highest BCUT2D eigenvalue weighted by Crippen LogP contribution is 2.30. The van der Waals surface area contributed by atoms with Crippen molar-refractivity contribution in [2.45, 2.75) is 52.0 Å². The fraction of sp³-hybridized carbons (Fsp3) is 0.650. The lowest BCUT2D eigenvalue weighted by molar-refractivity contribution is -0.126. The Morgan fingerprint density at radius 2 is 2.00 bits per heavy atom. The number of carbonyl (C=O) groups excluding carboxylic acids is 1. The van der Waals surface area contributed by atoms with Crippen LogP contribution in [0.4, 0.5) is 0 Å². The summed E-state index contributed by atoms with van der Waals surface area (Å²) in [6, 6.07) is 5.85. The first kappa shape index (κ1) is 22.6. The van der Waals surface area contributed by atoms with E-state index < -0.39 is 0 Å². The van der Waals surface area contributed by atoms with Crippen molar-refractivity contribution in [2.75, 3.05) is 26.8 Å².